The molecule has 0 spiro atoms. The fourth-order valence-electron chi connectivity index (χ4n) is 0.935. The first-order chi connectivity index (χ1) is 4.56. The fourth-order valence-corrected chi connectivity index (χ4v) is 0.935. The van der Waals surface area contributed by atoms with Gasteiger partial charge in [-0.25, -0.2) is 0 Å². The van der Waals surface area contributed by atoms with E-state index < -0.39 is 0 Å². The average Bonchev–Trinajstić information content (AvgIpc) is 1.88. The van der Waals surface area contributed by atoms with Crippen molar-refractivity contribution < 1.29 is 5.11 Å². The van der Waals surface area contributed by atoms with Gasteiger partial charge in [-0.2, -0.15) is 0 Å². The zero-order chi connectivity index (χ0) is 8.20. The van der Waals surface area contributed by atoms with Crippen LogP contribution in [-0.2, 0) is 0 Å². The average molecular weight is 145 g/mol. The van der Waals surface area contributed by atoms with Crippen LogP contribution in [0.4, 0.5) is 0 Å². The minimum absolute atomic E-state index is 0.0920. The zero-order valence-electron chi connectivity index (χ0n) is 7.44. The number of aliphatic hydroxyl groups excluding tert-OH is 1. The Labute approximate surface area is 63.6 Å². The number of rotatable bonds is 4. The van der Waals surface area contributed by atoms with Crippen LogP contribution in [0.5, 0.6) is 0 Å². The Morgan fingerprint density at radius 2 is 2.00 bits per heavy atom. The highest BCUT2D eigenvalue weighted by atomic mass is 16.3. The first-order valence-corrected chi connectivity index (χ1v) is 3.86. The number of aliphatic hydroxyl groups is 1. The van der Waals surface area contributed by atoms with Gasteiger partial charge in [0.1, 0.15) is 0 Å². The van der Waals surface area contributed by atoms with Gasteiger partial charge in [0.25, 0.3) is 0 Å². The number of hydrogen-bond donors (Lipinski definition) is 2. The Balaban J connectivity index is 3.94. The molecule has 0 aliphatic carbocycles. The van der Waals surface area contributed by atoms with Crippen LogP contribution in [0.2, 0.25) is 0 Å². The van der Waals surface area contributed by atoms with Gasteiger partial charge < -0.3 is 10.4 Å². The van der Waals surface area contributed by atoms with Crippen LogP contribution in [0.3, 0.4) is 0 Å². The molecule has 0 aromatic heterocycles. The summed E-state index contributed by atoms with van der Waals surface area (Å²) in [5.41, 5.74) is 0.0920. The normalized spacial score (nSPS) is 17.4. The minimum atomic E-state index is 0.0920. The van der Waals surface area contributed by atoms with Crippen LogP contribution in [0.25, 0.3) is 0 Å². The molecular formula is C8H19NO. The molecule has 0 saturated carbocycles. The SMILES string of the molecule is CNC(C)(CCO)C(C)C. The molecule has 0 rings (SSSR count). The van der Waals surface area contributed by atoms with Crippen molar-refractivity contribution in [1.29, 1.82) is 0 Å². The summed E-state index contributed by atoms with van der Waals surface area (Å²) >= 11 is 0. The van der Waals surface area contributed by atoms with E-state index in [9.17, 15) is 0 Å². The Bertz CT molecular complexity index is 93.3. The van der Waals surface area contributed by atoms with Gasteiger partial charge in [0.05, 0.1) is 0 Å². The molecule has 0 aromatic rings. The summed E-state index contributed by atoms with van der Waals surface area (Å²) < 4.78 is 0. The molecular weight excluding hydrogens is 126 g/mol. The molecule has 2 heteroatoms. The maximum atomic E-state index is 8.74. The van der Waals surface area contributed by atoms with Gasteiger partial charge in [0.15, 0.2) is 0 Å². The third-order valence-corrected chi connectivity index (χ3v) is 2.48. The highest BCUT2D eigenvalue weighted by molar-refractivity contribution is 4.84. The number of nitrogens with one attached hydrogen (secondary N) is 1. The molecule has 2 nitrogen and oxygen atoms in total. The van der Waals surface area contributed by atoms with E-state index in [1.54, 1.807) is 0 Å². The van der Waals surface area contributed by atoms with Crippen LogP contribution >= 0.6 is 0 Å². The molecule has 0 saturated heterocycles. The Morgan fingerprint density at radius 3 is 2.10 bits per heavy atom. The van der Waals surface area contributed by atoms with Gasteiger partial charge in [0, 0.05) is 12.1 Å². The second-order valence-corrected chi connectivity index (χ2v) is 3.30. The summed E-state index contributed by atoms with van der Waals surface area (Å²) in [6.07, 6.45) is 0.821. The van der Waals surface area contributed by atoms with E-state index in [0.717, 1.165) is 6.42 Å². The van der Waals surface area contributed by atoms with Gasteiger partial charge >= 0.3 is 0 Å². The largest absolute Gasteiger partial charge is 0.396 e. The van der Waals surface area contributed by atoms with Gasteiger partial charge in [-0.1, -0.05) is 13.8 Å². The van der Waals surface area contributed by atoms with Crippen molar-refractivity contribution in [2.24, 2.45) is 5.92 Å². The molecule has 0 aromatic carbocycles. The lowest BCUT2D eigenvalue weighted by atomic mass is 9.86. The van der Waals surface area contributed by atoms with Crippen molar-refractivity contribution >= 4 is 0 Å². The Kier molecular flexibility index (Phi) is 3.91. The Morgan fingerprint density at radius 1 is 1.50 bits per heavy atom. The van der Waals surface area contributed by atoms with E-state index in [4.69, 9.17) is 5.11 Å². The van der Waals surface area contributed by atoms with Crippen molar-refractivity contribution in [3.05, 3.63) is 0 Å². The lowest BCUT2D eigenvalue weighted by molar-refractivity contribution is 0.188. The minimum Gasteiger partial charge on any atom is -0.396 e. The fraction of sp³-hybridized carbons (Fsp3) is 1.00. The zero-order valence-corrected chi connectivity index (χ0v) is 7.44. The monoisotopic (exact) mass is 145 g/mol. The molecule has 62 valence electrons. The van der Waals surface area contributed by atoms with Crippen molar-refractivity contribution in [2.75, 3.05) is 13.7 Å². The summed E-state index contributed by atoms with van der Waals surface area (Å²) in [4.78, 5) is 0. The maximum absolute atomic E-state index is 8.74. The van der Waals surface area contributed by atoms with E-state index in [2.05, 4.69) is 26.1 Å². The highest BCUT2D eigenvalue weighted by Crippen LogP contribution is 2.18. The molecule has 1 atom stereocenters. The van der Waals surface area contributed by atoms with Crippen LogP contribution in [0.15, 0.2) is 0 Å². The quantitative estimate of drug-likeness (QED) is 0.618. The van der Waals surface area contributed by atoms with Crippen molar-refractivity contribution in [1.82, 2.24) is 5.32 Å². The lowest BCUT2D eigenvalue weighted by Crippen LogP contribution is -2.45. The van der Waals surface area contributed by atoms with E-state index >= 15 is 0 Å². The molecule has 0 amide bonds. The van der Waals surface area contributed by atoms with Crippen LogP contribution in [0, 0.1) is 5.92 Å². The third kappa shape index (κ3) is 2.27. The first kappa shape index (κ1) is 9.92. The van der Waals surface area contributed by atoms with Crippen LogP contribution in [-0.4, -0.2) is 24.3 Å². The summed E-state index contributed by atoms with van der Waals surface area (Å²) in [5, 5.41) is 12.0. The standard InChI is InChI=1S/C8H19NO/c1-7(2)8(3,9-4)5-6-10/h7,9-10H,5-6H2,1-4H3. The smallest absolute Gasteiger partial charge is 0.0448 e. The molecule has 2 N–H and O–H groups in total. The molecule has 0 aliphatic rings. The summed E-state index contributed by atoms with van der Waals surface area (Å²) in [6, 6.07) is 0. The van der Waals surface area contributed by atoms with E-state index in [0.29, 0.717) is 5.92 Å². The van der Waals surface area contributed by atoms with Crippen LogP contribution < -0.4 is 5.32 Å². The first-order valence-electron chi connectivity index (χ1n) is 3.86. The molecule has 0 heterocycles. The summed E-state index contributed by atoms with van der Waals surface area (Å²) in [7, 11) is 1.94. The van der Waals surface area contributed by atoms with Crippen molar-refractivity contribution in [2.45, 2.75) is 32.7 Å². The molecule has 0 fully saturated rings. The van der Waals surface area contributed by atoms with Crippen molar-refractivity contribution in [3.8, 4) is 0 Å². The molecule has 0 radical (unpaired) electrons. The van der Waals surface area contributed by atoms with Crippen LogP contribution in [0.1, 0.15) is 27.2 Å². The highest BCUT2D eigenvalue weighted by Gasteiger charge is 2.24. The third-order valence-electron chi connectivity index (χ3n) is 2.48. The second kappa shape index (κ2) is 3.94. The Hall–Kier alpha value is -0.0800. The van der Waals surface area contributed by atoms with E-state index in [1.807, 2.05) is 7.05 Å². The molecule has 0 bridgehead atoms. The van der Waals surface area contributed by atoms with Crippen molar-refractivity contribution in [3.63, 3.8) is 0 Å². The lowest BCUT2D eigenvalue weighted by Gasteiger charge is -2.32. The second-order valence-electron chi connectivity index (χ2n) is 3.30. The topological polar surface area (TPSA) is 32.3 Å². The van der Waals surface area contributed by atoms with Gasteiger partial charge in [-0.3, -0.25) is 0 Å². The van der Waals surface area contributed by atoms with Gasteiger partial charge in [0.2, 0.25) is 0 Å². The summed E-state index contributed by atoms with van der Waals surface area (Å²) in [6.45, 7) is 6.71. The van der Waals surface area contributed by atoms with Gasteiger partial charge in [-0.05, 0) is 26.3 Å². The summed E-state index contributed by atoms with van der Waals surface area (Å²) in [5.74, 6) is 0.560. The maximum Gasteiger partial charge on any atom is 0.0448 e. The molecule has 10 heavy (non-hydrogen) atoms. The number of hydrogen-bond acceptors (Lipinski definition) is 2. The van der Waals surface area contributed by atoms with Gasteiger partial charge in [-0.15, -0.1) is 0 Å². The van der Waals surface area contributed by atoms with E-state index in [-0.39, 0.29) is 12.1 Å². The molecule has 1 unspecified atom stereocenters. The molecule has 0 aliphatic heterocycles. The predicted octanol–water partition coefficient (Wildman–Crippen LogP) is 1.00. The predicted molar refractivity (Wildman–Crippen MR) is 44.0 cm³/mol. The van der Waals surface area contributed by atoms with E-state index in [1.165, 1.54) is 0 Å².